The molecule has 4 heteroatoms. The van der Waals surface area contributed by atoms with E-state index in [-0.39, 0.29) is 5.41 Å². The largest absolute Gasteiger partial charge is 0.310 e. The van der Waals surface area contributed by atoms with Gasteiger partial charge in [0, 0.05) is 28.5 Å². The molecule has 0 aliphatic rings. The lowest BCUT2D eigenvalue weighted by molar-refractivity contribution is 0.593. The van der Waals surface area contributed by atoms with Gasteiger partial charge in [-0.15, -0.1) is 22.7 Å². The molecule has 1 N–H and O–H groups in total. The van der Waals surface area contributed by atoms with Crippen molar-refractivity contribution in [2.45, 2.75) is 52.6 Å². The molecule has 0 aromatic carbocycles. The molecule has 2 heterocycles. The van der Waals surface area contributed by atoms with Crippen LogP contribution in [0.2, 0.25) is 0 Å². The molecule has 0 amide bonds. The van der Waals surface area contributed by atoms with Gasteiger partial charge in [-0.05, 0) is 17.5 Å². The van der Waals surface area contributed by atoms with Crippen molar-refractivity contribution in [3.05, 3.63) is 28.1 Å². The molecule has 2 aromatic rings. The van der Waals surface area contributed by atoms with Gasteiger partial charge < -0.3 is 5.32 Å². The summed E-state index contributed by atoms with van der Waals surface area (Å²) in [5.74, 6) is 0. The van der Waals surface area contributed by atoms with E-state index in [4.69, 9.17) is 0 Å². The first-order valence-corrected chi connectivity index (χ1v) is 8.28. The second-order valence-electron chi connectivity index (χ2n) is 6.08. The van der Waals surface area contributed by atoms with Crippen LogP contribution in [0, 0.1) is 0 Å². The summed E-state index contributed by atoms with van der Waals surface area (Å²) in [6, 6.07) is 4.94. The van der Waals surface area contributed by atoms with E-state index in [0.717, 1.165) is 11.6 Å². The first-order chi connectivity index (χ1) is 8.86. The van der Waals surface area contributed by atoms with Crippen LogP contribution in [0.1, 0.15) is 44.4 Å². The number of thiazole rings is 1. The number of nitrogens with one attached hydrogen (secondary N) is 1. The van der Waals surface area contributed by atoms with Crippen LogP contribution in [0.15, 0.2) is 18.3 Å². The average Bonchev–Trinajstić information content (AvgIpc) is 2.94. The molecule has 0 aliphatic heterocycles. The third-order valence-corrected chi connectivity index (χ3v) is 5.47. The van der Waals surface area contributed by atoms with E-state index >= 15 is 0 Å². The Bertz CT molecular complexity index is 532. The number of aromatic nitrogens is 1. The molecule has 0 atom stereocenters. The molecule has 0 radical (unpaired) electrons. The van der Waals surface area contributed by atoms with E-state index < -0.39 is 0 Å². The molecule has 0 fully saturated rings. The SMILES string of the molecule is CC(C)NCc1cnc(-c2ccc(C(C)(C)C)s2)s1. The first kappa shape index (κ1) is 14.7. The molecule has 0 saturated heterocycles. The summed E-state index contributed by atoms with van der Waals surface area (Å²) < 4.78 is 0. The summed E-state index contributed by atoms with van der Waals surface area (Å²) in [5, 5.41) is 4.57. The van der Waals surface area contributed by atoms with Crippen LogP contribution in [0.4, 0.5) is 0 Å². The third-order valence-electron chi connectivity index (χ3n) is 2.79. The van der Waals surface area contributed by atoms with E-state index in [1.807, 2.05) is 17.5 Å². The van der Waals surface area contributed by atoms with Crippen LogP contribution in [0.5, 0.6) is 0 Å². The molecular formula is C15H22N2S2. The van der Waals surface area contributed by atoms with Crippen LogP contribution in [0.3, 0.4) is 0 Å². The number of hydrogen-bond donors (Lipinski definition) is 1. The second kappa shape index (κ2) is 5.73. The monoisotopic (exact) mass is 294 g/mol. The Labute approximate surface area is 123 Å². The molecule has 0 saturated carbocycles. The van der Waals surface area contributed by atoms with Crippen molar-refractivity contribution in [2.24, 2.45) is 0 Å². The molecule has 2 aromatic heterocycles. The minimum atomic E-state index is 0.224. The van der Waals surface area contributed by atoms with E-state index in [1.165, 1.54) is 14.6 Å². The van der Waals surface area contributed by atoms with Crippen molar-refractivity contribution in [3.8, 4) is 9.88 Å². The normalized spacial score (nSPS) is 12.3. The molecule has 0 aliphatic carbocycles. The zero-order valence-electron chi connectivity index (χ0n) is 12.3. The fourth-order valence-corrected chi connectivity index (χ4v) is 3.65. The maximum atomic E-state index is 4.55. The number of hydrogen-bond acceptors (Lipinski definition) is 4. The van der Waals surface area contributed by atoms with Crippen molar-refractivity contribution < 1.29 is 0 Å². The quantitative estimate of drug-likeness (QED) is 0.886. The van der Waals surface area contributed by atoms with Gasteiger partial charge in [0.25, 0.3) is 0 Å². The third kappa shape index (κ3) is 3.88. The lowest BCUT2D eigenvalue weighted by Gasteiger charge is -2.15. The van der Waals surface area contributed by atoms with Crippen LogP contribution >= 0.6 is 22.7 Å². The molecule has 0 unspecified atom stereocenters. The summed E-state index contributed by atoms with van der Waals surface area (Å²) in [6.07, 6.45) is 1.99. The van der Waals surface area contributed by atoms with Crippen LogP contribution < -0.4 is 5.32 Å². The van der Waals surface area contributed by atoms with E-state index in [2.05, 4.69) is 57.1 Å². The Hall–Kier alpha value is -0.710. The van der Waals surface area contributed by atoms with Crippen molar-refractivity contribution in [2.75, 3.05) is 0 Å². The zero-order chi connectivity index (χ0) is 14.0. The van der Waals surface area contributed by atoms with Crippen molar-refractivity contribution in [3.63, 3.8) is 0 Å². The lowest BCUT2D eigenvalue weighted by Crippen LogP contribution is -2.21. The molecule has 2 rings (SSSR count). The standard InChI is InChI=1S/C15H22N2S2/c1-10(2)16-8-11-9-17-14(18-11)12-6-7-13(19-12)15(3,4)5/h6-7,9-10,16H,8H2,1-5H3. The predicted octanol–water partition coefficient (Wildman–Crippen LogP) is 4.67. The van der Waals surface area contributed by atoms with Gasteiger partial charge in [0.15, 0.2) is 0 Å². The second-order valence-corrected chi connectivity index (χ2v) is 8.28. The first-order valence-electron chi connectivity index (χ1n) is 6.65. The van der Waals surface area contributed by atoms with Gasteiger partial charge in [0.05, 0.1) is 4.88 Å². The van der Waals surface area contributed by atoms with Crippen LogP contribution in [-0.2, 0) is 12.0 Å². The van der Waals surface area contributed by atoms with E-state index in [1.54, 1.807) is 11.3 Å². The Balaban J connectivity index is 2.12. The molecular weight excluding hydrogens is 272 g/mol. The summed E-state index contributed by atoms with van der Waals surface area (Å²) in [6.45, 7) is 12.0. The maximum absolute atomic E-state index is 4.55. The van der Waals surface area contributed by atoms with E-state index in [9.17, 15) is 0 Å². The summed E-state index contributed by atoms with van der Waals surface area (Å²) >= 11 is 3.65. The fourth-order valence-electron chi connectivity index (χ4n) is 1.66. The van der Waals surface area contributed by atoms with Gasteiger partial charge in [0.2, 0.25) is 0 Å². The summed E-state index contributed by atoms with van der Waals surface area (Å²) in [5.41, 5.74) is 0.224. The summed E-state index contributed by atoms with van der Waals surface area (Å²) in [4.78, 5) is 8.55. The number of nitrogens with zero attached hydrogens (tertiary/aromatic N) is 1. The minimum absolute atomic E-state index is 0.224. The van der Waals surface area contributed by atoms with E-state index in [0.29, 0.717) is 6.04 Å². The Morgan fingerprint density at radius 3 is 2.53 bits per heavy atom. The highest BCUT2D eigenvalue weighted by atomic mass is 32.1. The van der Waals surface area contributed by atoms with Gasteiger partial charge in [0.1, 0.15) is 5.01 Å². The van der Waals surface area contributed by atoms with Gasteiger partial charge in [-0.3, -0.25) is 0 Å². The van der Waals surface area contributed by atoms with Gasteiger partial charge in [-0.25, -0.2) is 4.98 Å². The Morgan fingerprint density at radius 2 is 1.95 bits per heavy atom. The smallest absolute Gasteiger partial charge is 0.133 e. The number of thiophene rings is 1. The van der Waals surface area contributed by atoms with Crippen LogP contribution in [-0.4, -0.2) is 11.0 Å². The molecule has 0 bridgehead atoms. The zero-order valence-corrected chi connectivity index (χ0v) is 13.9. The summed E-state index contributed by atoms with van der Waals surface area (Å²) in [7, 11) is 0. The Kier molecular flexibility index (Phi) is 4.43. The topological polar surface area (TPSA) is 24.9 Å². The van der Waals surface area contributed by atoms with Gasteiger partial charge in [-0.1, -0.05) is 34.6 Å². The molecule has 0 spiro atoms. The molecule has 19 heavy (non-hydrogen) atoms. The molecule has 2 nitrogen and oxygen atoms in total. The lowest BCUT2D eigenvalue weighted by atomic mass is 9.95. The van der Waals surface area contributed by atoms with Gasteiger partial charge >= 0.3 is 0 Å². The fraction of sp³-hybridized carbons (Fsp3) is 0.533. The van der Waals surface area contributed by atoms with Crippen molar-refractivity contribution >= 4 is 22.7 Å². The van der Waals surface area contributed by atoms with Gasteiger partial charge in [-0.2, -0.15) is 0 Å². The van der Waals surface area contributed by atoms with Crippen molar-refractivity contribution in [1.82, 2.24) is 10.3 Å². The average molecular weight is 294 g/mol. The molecule has 104 valence electrons. The maximum Gasteiger partial charge on any atom is 0.133 e. The highest BCUT2D eigenvalue weighted by Crippen LogP contribution is 2.36. The van der Waals surface area contributed by atoms with Crippen LogP contribution in [0.25, 0.3) is 9.88 Å². The highest BCUT2D eigenvalue weighted by Gasteiger charge is 2.17. The predicted molar refractivity (Wildman–Crippen MR) is 86.1 cm³/mol. The highest BCUT2D eigenvalue weighted by molar-refractivity contribution is 7.21. The number of rotatable bonds is 4. The minimum Gasteiger partial charge on any atom is -0.310 e. The van der Waals surface area contributed by atoms with Crippen molar-refractivity contribution in [1.29, 1.82) is 0 Å². The Morgan fingerprint density at radius 1 is 1.21 bits per heavy atom.